The summed E-state index contributed by atoms with van der Waals surface area (Å²) < 4.78 is 14.8. The van der Waals surface area contributed by atoms with Crippen molar-refractivity contribution in [3.8, 4) is 0 Å². The van der Waals surface area contributed by atoms with Crippen LogP contribution in [0.2, 0.25) is 0 Å². The van der Waals surface area contributed by atoms with E-state index >= 15 is 0 Å². The van der Waals surface area contributed by atoms with Gasteiger partial charge in [-0.05, 0) is 57.3 Å². The van der Waals surface area contributed by atoms with Crippen LogP contribution in [-0.4, -0.2) is 0 Å². The minimum atomic E-state index is -0.205. The Balaban J connectivity index is 3.25. The van der Waals surface area contributed by atoms with Gasteiger partial charge in [0.1, 0.15) is 5.82 Å². The molecule has 0 saturated heterocycles. The van der Waals surface area contributed by atoms with Crippen LogP contribution in [-0.2, 0) is 6.54 Å². The molecule has 0 fully saturated rings. The van der Waals surface area contributed by atoms with Crippen molar-refractivity contribution in [2.75, 3.05) is 0 Å². The van der Waals surface area contributed by atoms with Crippen LogP contribution in [0.1, 0.15) is 5.56 Å². The van der Waals surface area contributed by atoms with E-state index in [1.54, 1.807) is 0 Å². The van der Waals surface area contributed by atoms with Crippen molar-refractivity contribution in [1.29, 1.82) is 0 Å². The molecule has 0 aliphatic carbocycles. The molecule has 0 radical (unpaired) electrons. The summed E-state index contributed by atoms with van der Waals surface area (Å²) >= 11 is 4.17. The third kappa shape index (κ3) is 2.25. The summed E-state index contributed by atoms with van der Waals surface area (Å²) in [5.41, 5.74) is 5.96. The topological polar surface area (TPSA) is 26.0 Å². The van der Waals surface area contributed by atoms with E-state index in [0.29, 0.717) is 5.56 Å². The number of hydrogen-bond donors (Lipinski definition) is 1. The molecule has 0 atom stereocenters. The first-order valence-electron chi connectivity index (χ1n) is 2.98. The Morgan fingerprint density at radius 3 is 2.45 bits per heavy atom. The molecule has 1 aromatic carbocycles. The average molecular weight is 377 g/mol. The molecule has 0 spiro atoms. The van der Waals surface area contributed by atoms with Gasteiger partial charge in [-0.3, -0.25) is 0 Å². The lowest BCUT2D eigenvalue weighted by atomic mass is 10.2. The summed E-state index contributed by atoms with van der Waals surface area (Å²) in [5, 5.41) is 0. The molecule has 1 aromatic rings. The normalized spacial score (nSPS) is 10.2. The SMILES string of the molecule is NCc1c(F)cc(I)cc1I. The molecule has 0 aliphatic rings. The van der Waals surface area contributed by atoms with Crippen LogP contribution in [0.15, 0.2) is 12.1 Å². The predicted octanol–water partition coefficient (Wildman–Crippen LogP) is 2.49. The number of rotatable bonds is 1. The number of benzene rings is 1. The number of hydrogen-bond acceptors (Lipinski definition) is 1. The Bertz CT molecular complexity index is 252. The van der Waals surface area contributed by atoms with Crippen LogP contribution < -0.4 is 5.73 Å². The molecule has 1 rings (SSSR count). The Morgan fingerprint density at radius 1 is 1.36 bits per heavy atom. The van der Waals surface area contributed by atoms with E-state index < -0.39 is 0 Å². The van der Waals surface area contributed by atoms with Gasteiger partial charge in [0.25, 0.3) is 0 Å². The van der Waals surface area contributed by atoms with Crippen molar-refractivity contribution >= 4 is 45.2 Å². The number of nitrogens with two attached hydrogens (primary N) is 1. The van der Waals surface area contributed by atoms with Gasteiger partial charge in [0.2, 0.25) is 0 Å². The van der Waals surface area contributed by atoms with Gasteiger partial charge in [0, 0.05) is 19.2 Å². The first-order valence-corrected chi connectivity index (χ1v) is 5.14. The summed E-state index contributed by atoms with van der Waals surface area (Å²) in [5.74, 6) is -0.205. The number of halogens is 3. The lowest BCUT2D eigenvalue weighted by molar-refractivity contribution is 0.608. The van der Waals surface area contributed by atoms with Crippen molar-refractivity contribution < 1.29 is 4.39 Å². The molecule has 0 aliphatic heterocycles. The molecular weight excluding hydrogens is 371 g/mol. The smallest absolute Gasteiger partial charge is 0.129 e. The summed E-state index contributed by atoms with van der Waals surface area (Å²) in [6.07, 6.45) is 0. The van der Waals surface area contributed by atoms with Crippen LogP contribution in [0, 0.1) is 13.0 Å². The van der Waals surface area contributed by atoms with Gasteiger partial charge in [-0.25, -0.2) is 4.39 Å². The molecule has 0 heterocycles. The maximum atomic E-state index is 13.0. The van der Waals surface area contributed by atoms with Gasteiger partial charge < -0.3 is 5.73 Å². The zero-order chi connectivity index (χ0) is 8.43. The quantitative estimate of drug-likeness (QED) is 0.749. The van der Waals surface area contributed by atoms with Crippen LogP contribution >= 0.6 is 45.2 Å². The molecule has 0 unspecified atom stereocenters. The Kier molecular flexibility index (Phi) is 3.51. The average Bonchev–Trinajstić information content (AvgIpc) is 1.85. The Hall–Kier alpha value is 0.570. The monoisotopic (exact) mass is 377 g/mol. The molecule has 2 N–H and O–H groups in total. The van der Waals surface area contributed by atoms with Gasteiger partial charge in [-0.2, -0.15) is 0 Å². The standard InChI is InChI=1S/C7H6FI2N/c8-6-1-4(9)2-7(10)5(6)3-11/h1-2H,3,11H2. The van der Waals surface area contributed by atoms with E-state index in [1.807, 2.05) is 6.07 Å². The minimum absolute atomic E-state index is 0.205. The van der Waals surface area contributed by atoms with E-state index in [4.69, 9.17) is 5.73 Å². The predicted molar refractivity (Wildman–Crippen MR) is 59.7 cm³/mol. The minimum Gasteiger partial charge on any atom is -0.326 e. The second-order valence-electron chi connectivity index (χ2n) is 2.05. The third-order valence-electron chi connectivity index (χ3n) is 1.31. The van der Waals surface area contributed by atoms with E-state index in [2.05, 4.69) is 45.2 Å². The fraction of sp³-hybridized carbons (Fsp3) is 0.143. The molecule has 0 amide bonds. The van der Waals surface area contributed by atoms with Gasteiger partial charge in [-0.15, -0.1) is 0 Å². The molecule has 60 valence electrons. The van der Waals surface area contributed by atoms with Crippen LogP contribution in [0.4, 0.5) is 4.39 Å². The van der Waals surface area contributed by atoms with E-state index in [9.17, 15) is 4.39 Å². The maximum absolute atomic E-state index is 13.0. The third-order valence-corrected chi connectivity index (χ3v) is 2.90. The van der Waals surface area contributed by atoms with Gasteiger partial charge in [0.15, 0.2) is 0 Å². The van der Waals surface area contributed by atoms with Crippen molar-refractivity contribution in [2.45, 2.75) is 6.54 Å². The summed E-state index contributed by atoms with van der Waals surface area (Å²) in [7, 11) is 0. The first kappa shape index (κ1) is 9.66. The molecule has 0 aromatic heterocycles. The highest BCUT2D eigenvalue weighted by Gasteiger charge is 2.05. The fourth-order valence-corrected chi connectivity index (χ4v) is 2.76. The van der Waals surface area contributed by atoms with E-state index in [0.717, 1.165) is 7.14 Å². The van der Waals surface area contributed by atoms with Crippen molar-refractivity contribution in [3.05, 3.63) is 30.7 Å². The highest BCUT2D eigenvalue weighted by molar-refractivity contribution is 14.1. The summed E-state index contributed by atoms with van der Waals surface area (Å²) in [6.45, 7) is 0.265. The van der Waals surface area contributed by atoms with Crippen LogP contribution in [0.5, 0.6) is 0 Å². The fourth-order valence-electron chi connectivity index (χ4n) is 0.767. The first-order chi connectivity index (χ1) is 5.15. The van der Waals surface area contributed by atoms with Crippen molar-refractivity contribution in [1.82, 2.24) is 0 Å². The van der Waals surface area contributed by atoms with Crippen molar-refractivity contribution in [2.24, 2.45) is 5.73 Å². The summed E-state index contributed by atoms with van der Waals surface area (Å²) in [4.78, 5) is 0. The second-order valence-corrected chi connectivity index (χ2v) is 4.46. The van der Waals surface area contributed by atoms with E-state index in [-0.39, 0.29) is 12.4 Å². The highest BCUT2D eigenvalue weighted by Crippen LogP contribution is 2.19. The van der Waals surface area contributed by atoms with Crippen LogP contribution in [0.3, 0.4) is 0 Å². The molecule has 4 heteroatoms. The van der Waals surface area contributed by atoms with Gasteiger partial charge in [-0.1, -0.05) is 0 Å². The maximum Gasteiger partial charge on any atom is 0.129 e. The van der Waals surface area contributed by atoms with Crippen molar-refractivity contribution in [3.63, 3.8) is 0 Å². The summed E-state index contributed by atoms with van der Waals surface area (Å²) in [6, 6.07) is 3.40. The molecule has 0 saturated carbocycles. The van der Waals surface area contributed by atoms with Crippen LogP contribution in [0.25, 0.3) is 0 Å². The van der Waals surface area contributed by atoms with Gasteiger partial charge >= 0.3 is 0 Å². The molecular formula is C7H6FI2N. The highest BCUT2D eigenvalue weighted by atomic mass is 127. The Morgan fingerprint density at radius 2 is 2.00 bits per heavy atom. The second kappa shape index (κ2) is 3.99. The zero-order valence-corrected chi connectivity index (χ0v) is 9.89. The molecule has 0 bridgehead atoms. The van der Waals surface area contributed by atoms with Gasteiger partial charge in [0.05, 0.1) is 0 Å². The molecule has 1 nitrogen and oxygen atoms in total. The largest absolute Gasteiger partial charge is 0.326 e. The zero-order valence-electron chi connectivity index (χ0n) is 5.57. The Labute approximate surface area is 91.8 Å². The lowest BCUT2D eigenvalue weighted by Gasteiger charge is -2.02. The molecule has 11 heavy (non-hydrogen) atoms. The lowest BCUT2D eigenvalue weighted by Crippen LogP contribution is -2.02. The van der Waals surface area contributed by atoms with E-state index in [1.165, 1.54) is 6.07 Å².